The van der Waals surface area contributed by atoms with E-state index in [4.69, 9.17) is 15.0 Å². The lowest BCUT2D eigenvalue weighted by Crippen LogP contribution is -2.04. The van der Waals surface area contributed by atoms with Crippen molar-refractivity contribution < 1.29 is 0 Å². The van der Waals surface area contributed by atoms with Gasteiger partial charge in [-0.05, 0) is 80.9 Å². The van der Waals surface area contributed by atoms with Crippen molar-refractivity contribution in [2.24, 2.45) is 0 Å². The molecule has 0 N–H and O–H groups in total. The molecular weight excluding hydrogens is 741 g/mol. The van der Waals surface area contributed by atoms with E-state index in [0.717, 1.165) is 66.8 Å². The van der Waals surface area contributed by atoms with Gasteiger partial charge in [0.05, 0.1) is 16.7 Å². The van der Waals surface area contributed by atoms with Crippen LogP contribution in [0.25, 0.3) is 106 Å². The van der Waals surface area contributed by atoms with Crippen molar-refractivity contribution in [1.29, 1.82) is 0 Å². The summed E-state index contributed by atoms with van der Waals surface area (Å²) in [5.74, 6) is 1.81. The molecule has 0 saturated heterocycles. The van der Waals surface area contributed by atoms with E-state index in [-0.39, 0.29) is 0 Å². The molecule has 0 saturated carbocycles. The van der Waals surface area contributed by atoms with E-state index in [1.807, 2.05) is 6.07 Å². The van der Waals surface area contributed by atoms with Gasteiger partial charge in [0, 0.05) is 27.5 Å². The Morgan fingerprint density at radius 2 is 0.607 bits per heavy atom. The van der Waals surface area contributed by atoms with Crippen molar-refractivity contribution in [3.05, 3.63) is 231 Å². The molecule has 0 fully saturated rings. The van der Waals surface area contributed by atoms with Crippen LogP contribution in [0.15, 0.2) is 231 Å². The van der Waals surface area contributed by atoms with E-state index in [1.54, 1.807) is 0 Å². The molecule has 11 aromatic rings. The summed E-state index contributed by atoms with van der Waals surface area (Å²) < 4.78 is 2.37. The standard InChI is InChI=1S/C57H38N4/c1-4-16-39(17-5-1)42-30-32-43(33-31-42)55-58-56(48-25-15-24-46(37-48)45-23-14-22-44(36-45)40-18-6-2-7-19-40)60-57(59-55)51-35-34-47(41-20-8-3-9-21-41)38-54(51)61-52-28-12-10-26-49(52)50-27-11-13-29-53(50)61/h1-38H. The van der Waals surface area contributed by atoms with Gasteiger partial charge in [-0.25, -0.2) is 15.0 Å². The van der Waals surface area contributed by atoms with E-state index in [0.29, 0.717) is 17.5 Å². The fourth-order valence-corrected chi connectivity index (χ4v) is 8.44. The molecule has 0 spiro atoms. The fraction of sp³-hybridized carbons (Fsp3) is 0. The zero-order chi connectivity index (χ0) is 40.5. The molecule has 0 atom stereocenters. The first-order valence-corrected chi connectivity index (χ1v) is 20.6. The molecule has 286 valence electrons. The highest BCUT2D eigenvalue weighted by molar-refractivity contribution is 6.09. The Labute approximate surface area is 354 Å². The Hall–Kier alpha value is -8.21. The first-order valence-electron chi connectivity index (χ1n) is 20.6. The molecule has 0 aliphatic rings. The third kappa shape index (κ3) is 6.86. The zero-order valence-corrected chi connectivity index (χ0v) is 33.2. The number of fused-ring (bicyclic) bond motifs is 3. The summed E-state index contributed by atoms with van der Waals surface area (Å²) in [6, 6.07) is 81.1. The number of para-hydroxylation sites is 2. The Bertz CT molecular complexity index is 3280. The van der Waals surface area contributed by atoms with E-state index in [1.165, 1.54) is 21.9 Å². The summed E-state index contributed by atoms with van der Waals surface area (Å²) in [5, 5.41) is 2.38. The van der Waals surface area contributed by atoms with Crippen LogP contribution in [0.3, 0.4) is 0 Å². The van der Waals surface area contributed by atoms with Crippen LogP contribution in [-0.2, 0) is 0 Å². The zero-order valence-electron chi connectivity index (χ0n) is 33.2. The maximum Gasteiger partial charge on any atom is 0.166 e. The predicted molar refractivity (Wildman–Crippen MR) is 252 cm³/mol. The second-order valence-corrected chi connectivity index (χ2v) is 15.2. The van der Waals surface area contributed by atoms with Gasteiger partial charge in [-0.3, -0.25) is 0 Å². The summed E-state index contributed by atoms with van der Waals surface area (Å²) in [6.45, 7) is 0. The molecule has 0 amide bonds. The number of benzene rings is 9. The second kappa shape index (κ2) is 15.5. The van der Waals surface area contributed by atoms with Crippen molar-refractivity contribution in [2.45, 2.75) is 0 Å². The molecule has 2 aromatic heterocycles. The summed E-state index contributed by atoms with van der Waals surface area (Å²) >= 11 is 0. The van der Waals surface area contributed by atoms with Gasteiger partial charge in [0.1, 0.15) is 0 Å². The molecule has 0 aliphatic heterocycles. The minimum atomic E-state index is 0.597. The summed E-state index contributed by atoms with van der Waals surface area (Å²) in [5.41, 5.74) is 15.1. The Morgan fingerprint density at radius 3 is 1.18 bits per heavy atom. The topological polar surface area (TPSA) is 43.6 Å². The van der Waals surface area contributed by atoms with Crippen LogP contribution in [0, 0.1) is 0 Å². The Kier molecular flexibility index (Phi) is 9.14. The first-order chi connectivity index (χ1) is 30.2. The van der Waals surface area contributed by atoms with Gasteiger partial charge >= 0.3 is 0 Å². The molecule has 11 rings (SSSR count). The van der Waals surface area contributed by atoms with E-state index >= 15 is 0 Å². The molecule has 0 bridgehead atoms. The maximum atomic E-state index is 5.36. The van der Waals surface area contributed by atoms with Gasteiger partial charge in [-0.2, -0.15) is 0 Å². The predicted octanol–water partition coefficient (Wildman–Crippen LogP) is 14.6. The van der Waals surface area contributed by atoms with Gasteiger partial charge in [0.15, 0.2) is 17.5 Å². The highest BCUT2D eigenvalue weighted by atomic mass is 15.1. The molecule has 9 aromatic carbocycles. The second-order valence-electron chi connectivity index (χ2n) is 15.2. The number of aromatic nitrogens is 4. The molecule has 4 nitrogen and oxygen atoms in total. The van der Waals surface area contributed by atoms with Crippen LogP contribution in [0.5, 0.6) is 0 Å². The summed E-state index contributed by atoms with van der Waals surface area (Å²) in [7, 11) is 0. The van der Waals surface area contributed by atoms with Gasteiger partial charge < -0.3 is 4.57 Å². The van der Waals surface area contributed by atoms with Gasteiger partial charge in [0.2, 0.25) is 0 Å². The first kappa shape index (κ1) is 35.9. The summed E-state index contributed by atoms with van der Waals surface area (Å²) in [4.78, 5) is 15.9. The number of rotatable bonds is 8. The van der Waals surface area contributed by atoms with Crippen LogP contribution in [0.2, 0.25) is 0 Å². The van der Waals surface area contributed by atoms with E-state index < -0.39 is 0 Å². The monoisotopic (exact) mass is 778 g/mol. The quantitative estimate of drug-likeness (QED) is 0.154. The average molecular weight is 779 g/mol. The number of nitrogens with zero attached hydrogens (tertiary/aromatic N) is 4. The lowest BCUT2D eigenvalue weighted by Gasteiger charge is -2.16. The van der Waals surface area contributed by atoms with Crippen molar-refractivity contribution in [3.63, 3.8) is 0 Å². The lowest BCUT2D eigenvalue weighted by atomic mass is 9.98. The highest BCUT2D eigenvalue weighted by Crippen LogP contribution is 2.39. The van der Waals surface area contributed by atoms with Crippen LogP contribution >= 0.6 is 0 Å². The number of hydrogen-bond donors (Lipinski definition) is 0. The molecule has 0 radical (unpaired) electrons. The van der Waals surface area contributed by atoms with Crippen LogP contribution < -0.4 is 0 Å². The van der Waals surface area contributed by atoms with Crippen molar-refractivity contribution >= 4 is 21.8 Å². The van der Waals surface area contributed by atoms with Crippen molar-refractivity contribution in [1.82, 2.24) is 19.5 Å². The summed E-state index contributed by atoms with van der Waals surface area (Å²) in [6.07, 6.45) is 0. The Morgan fingerprint density at radius 1 is 0.246 bits per heavy atom. The third-order valence-corrected chi connectivity index (χ3v) is 11.5. The van der Waals surface area contributed by atoms with E-state index in [2.05, 4.69) is 229 Å². The van der Waals surface area contributed by atoms with Crippen LogP contribution in [0.4, 0.5) is 0 Å². The smallest absolute Gasteiger partial charge is 0.166 e. The highest BCUT2D eigenvalue weighted by Gasteiger charge is 2.20. The molecular formula is C57H38N4. The SMILES string of the molecule is c1ccc(-c2ccc(-c3nc(-c4cccc(-c5cccc(-c6ccccc6)c5)c4)nc(-c4ccc(-c5ccccc5)cc4-n4c5ccccc5c5ccccc54)n3)cc2)cc1. The molecule has 2 heterocycles. The number of hydrogen-bond acceptors (Lipinski definition) is 3. The minimum absolute atomic E-state index is 0.597. The van der Waals surface area contributed by atoms with Gasteiger partial charge in [-0.15, -0.1) is 0 Å². The lowest BCUT2D eigenvalue weighted by molar-refractivity contribution is 1.06. The van der Waals surface area contributed by atoms with Crippen LogP contribution in [0.1, 0.15) is 0 Å². The van der Waals surface area contributed by atoms with Crippen molar-refractivity contribution in [2.75, 3.05) is 0 Å². The third-order valence-electron chi connectivity index (χ3n) is 11.5. The largest absolute Gasteiger partial charge is 0.308 e. The van der Waals surface area contributed by atoms with Gasteiger partial charge in [0.25, 0.3) is 0 Å². The van der Waals surface area contributed by atoms with Crippen molar-refractivity contribution in [3.8, 4) is 84.4 Å². The Balaban J connectivity index is 1.12. The average Bonchev–Trinajstić information content (AvgIpc) is 3.69. The molecule has 4 heteroatoms. The minimum Gasteiger partial charge on any atom is -0.308 e. The fourth-order valence-electron chi connectivity index (χ4n) is 8.44. The molecule has 61 heavy (non-hydrogen) atoms. The normalized spacial score (nSPS) is 11.3. The maximum absolute atomic E-state index is 5.36. The van der Waals surface area contributed by atoms with Crippen LogP contribution in [-0.4, -0.2) is 19.5 Å². The van der Waals surface area contributed by atoms with Gasteiger partial charge in [-0.1, -0.05) is 194 Å². The van der Waals surface area contributed by atoms with E-state index in [9.17, 15) is 0 Å². The molecule has 0 unspecified atom stereocenters. The molecule has 0 aliphatic carbocycles.